The fourth-order valence-corrected chi connectivity index (χ4v) is 2.07. The molecule has 2 rings (SSSR count). The molecule has 2 bridgehead atoms. The molecule has 2 nitrogen and oxygen atoms in total. The lowest BCUT2D eigenvalue weighted by Crippen LogP contribution is -2.50. The second-order valence-corrected chi connectivity index (χ2v) is 4.12. The molecular weight excluding hydrogens is 176 g/mol. The molecule has 0 N–H and O–H groups in total. The first-order chi connectivity index (χ1) is 5.54. The van der Waals surface area contributed by atoms with Crippen LogP contribution in [0.15, 0.2) is 12.2 Å². The number of ketones is 1. The topological polar surface area (TPSA) is 26.3 Å². The van der Waals surface area contributed by atoms with Gasteiger partial charge in [0, 0.05) is 5.92 Å². The van der Waals surface area contributed by atoms with Crippen molar-refractivity contribution in [3.8, 4) is 0 Å². The van der Waals surface area contributed by atoms with Crippen LogP contribution in [-0.2, 0) is 9.53 Å². The zero-order chi connectivity index (χ0) is 8.93. The predicted molar refractivity (Wildman–Crippen MR) is 46.2 cm³/mol. The second-order valence-electron chi connectivity index (χ2n) is 3.68. The van der Waals surface area contributed by atoms with Crippen molar-refractivity contribution in [2.75, 3.05) is 0 Å². The molecule has 0 saturated carbocycles. The Hall–Kier alpha value is -0.340. The maximum atomic E-state index is 11.5. The van der Waals surface area contributed by atoms with Gasteiger partial charge in [-0.2, -0.15) is 0 Å². The molecule has 0 amide bonds. The highest BCUT2D eigenvalue weighted by Crippen LogP contribution is 2.39. The molecule has 0 spiro atoms. The molecule has 4 atom stereocenters. The summed E-state index contributed by atoms with van der Waals surface area (Å²) in [7, 11) is 0. The van der Waals surface area contributed by atoms with Gasteiger partial charge in [0.05, 0.1) is 6.10 Å². The molecule has 0 aromatic heterocycles. The van der Waals surface area contributed by atoms with E-state index in [9.17, 15) is 4.79 Å². The molecule has 66 valence electrons. The van der Waals surface area contributed by atoms with Gasteiger partial charge in [0.15, 0.2) is 5.78 Å². The molecule has 0 aliphatic carbocycles. The average Bonchev–Trinajstić information content (AvgIpc) is 2.41. The van der Waals surface area contributed by atoms with Crippen LogP contribution >= 0.6 is 11.6 Å². The van der Waals surface area contributed by atoms with E-state index in [-0.39, 0.29) is 17.8 Å². The lowest BCUT2D eigenvalue weighted by molar-refractivity contribution is -0.142. The highest BCUT2D eigenvalue weighted by Gasteiger charge is 2.50. The molecule has 2 aliphatic rings. The fourth-order valence-electron chi connectivity index (χ4n) is 1.75. The molecule has 0 aromatic carbocycles. The largest absolute Gasteiger partial charge is 0.361 e. The number of carbonyl (C=O) groups is 1. The van der Waals surface area contributed by atoms with Crippen molar-refractivity contribution < 1.29 is 9.53 Å². The first-order valence-electron chi connectivity index (χ1n) is 4.09. The third-order valence-corrected chi connectivity index (χ3v) is 3.35. The number of halogens is 1. The van der Waals surface area contributed by atoms with Gasteiger partial charge in [0.25, 0.3) is 0 Å². The van der Waals surface area contributed by atoms with E-state index in [0.29, 0.717) is 0 Å². The maximum Gasteiger partial charge on any atom is 0.159 e. The van der Waals surface area contributed by atoms with Crippen molar-refractivity contribution in [2.45, 2.75) is 30.9 Å². The highest BCUT2D eigenvalue weighted by molar-refractivity contribution is 6.32. The highest BCUT2D eigenvalue weighted by atomic mass is 35.5. The summed E-state index contributed by atoms with van der Waals surface area (Å²) < 4.78 is 5.62. The van der Waals surface area contributed by atoms with Gasteiger partial charge >= 0.3 is 0 Å². The maximum absolute atomic E-state index is 11.5. The second kappa shape index (κ2) is 2.33. The van der Waals surface area contributed by atoms with Crippen LogP contribution in [-0.4, -0.2) is 22.9 Å². The summed E-state index contributed by atoms with van der Waals surface area (Å²) in [6.07, 6.45) is 3.78. The first-order valence-corrected chi connectivity index (χ1v) is 4.53. The van der Waals surface area contributed by atoms with Gasteiger partial charge in [-0.25, -0.2) is 0 Å². The summed E-state index contributed by atoms with van der Waals surface area (Å²) in [5.74, 6) is -0.000239. The van der Waals surface area contributed by atoms with Crippen LogP contribution in [0.1, 0.15) is 13.8 Å². The van der Waals surface area contributed by atoms with Crippen LogP contribution in [0.3, 0.4) is 0 Å². The predicted octanol–water partition coefficient (Wildman–Crippen LogP) is 1.53. The number of ether oxygens (including phenoxy) is 1. The Morgan fingerprint density at radius 1 is 1.67 bits per heavy atom. The Labute approximate surface area is 76.5 Å². The number of rotatable bonds is 0. The number of hydrogen-bond donors (Lipinski definition) is 0. The van der Waals surface area contributed by atoms with E-state index in [2.05, 4.69) is 0 Å². The summed E-state index contributed by atoms with van der Waals surface area (Å²) in [4.78, 5) is 11.5. The van der Waals surface area contributed by atoms with E-state index in [1.807, 2.05) is 26.0 Å². The zero-order valence-corrected chi connectivity index (χ0v) is 7.84. The molecule has 1 fully saturated rings. The standard InChI is InChI=1S/C9H11ClO2/c1-5-6-3-4-9(2,12-6)8(10)7(5)11/h3-6,8H,1-2H3/t5-,6+,8-,9-/m0/s1. The van der Waals surface area contributed by atoms with E-state index in [1.165, 1.54) is 0 Å². The van der Waals surface area contributed by atoms with E-state index >= 15 is 0 Å². The van der Waals surface area contributed by atoms with Crippen LogP contribution in [0.25, 0.3) is 0 Å². The quantitative estimate of drug-likeness (QED) is 0.424. The average molecular weight is 187 g/mol. The Kier molecular flexibility index (Phi) is 1.61. The van der Waals surface area contributed by atoms with Crippen LogP contribution < -0.4 is 0 Å². The van der Waals surface area contributed by atoms with Crippen LogP contribution in [0.2, 0.25) is 0 Å². The van der Waals surface area contributed by atoms with Gasteiger partial charge in [-0.3, -0.25) is 4.79 Å². The van der Waals surface area contributed by atoms with Crippen LogP contribution in [0, 0.1) is 5.92 Å². The van der Waals surface area contributed by atoms with Crippen molar-refractivity contribution in [3.63, 3.8) is 0 Å². The summed E-state index contributed by atoms with van der Waals surface area (Å²) in [6, 6.07) is 0. The van der Waals surface area contributed by atoms with Gasteiger partial charge in [0.1, 0.15) is 11.0 Å². The van der Waals surface area contributed by atoms with E-state index in [1.54, 1.807) is 0 Å². The molecule has 2 heterocycles. The van der Waals surface area contributed by atoms with Crippen molar-refractivity contribution in [2.24, 2.45) is 5.92 Å². The lowest BCUT2D eigenvalue weighted by atomic mass is 9.90. The Balaban J connectivity index is 2.38. The molecule has 1 saturated heterocycles. The molecule has 3 heteroatoms. The zero-order valence-electron chi connectivity index (χ0n) is 7.08. The smallest absolute Gasteiger partial charge is 0.159 e. The summed E-state index contributed by atoms with van der Waals surface area (Å²) in [5.41, 5.74) is -0.560. The number of alkyl halides is 1. The third kappa shape index (κ3) is 0.882. The molecular formula is C9H11ClO2. The van der Waals surface area contributed by atoms with Gasteiger partial charge in [0.2, 0.25) is 0 Å². The SMILES string of the molecule is C[C@@H]1C(=O)[C@H](Cl)[C@]2(C)C=C[C@H]1O2. The number of hydrogen-bond acceptors (Lipinski definition) is 2. The van der Waals surface area contributed by atoms with Crippen molar-refractivity contribution >= 4 is 17.4 Å². The Morgan fingerprint density at radius 3 is 3.00 bits per heavy atom. The van der Waals surface area contributed by atoms with Crippen molar-refractivity contribution in [1.29, 1.82) is 0 Å². The monoisotopic (exact) mass is 186 g/mol. The van der Waals surface area contributed by atoms with Gasteiger partial charge in [-0.15, -0.1) is 11.6 Å². The summed E-state index contributed by atoms with van der Waals surface area (Å²) in [5, 5.41) is -0.525. The Bertz CT molecular complexity index is 261. The van der Waals surface area contributed by atoms with E-state index in [0.717, 1.165) is 0 Å². The van der Waals surface area contributed by atoms with Gasteiger partial charge < -0.3 is 4.74 Å². The van der Waals surface area contributed by atoms with Crippen LogP contribution in [0.5, 0.6) is 0 Å². The molecule has 0 aromatic rings. The van der Waals surface area contributed by atoms with Gasteiger partial charge in [-0.05, 0) is 6.92 Å². The third-order valence-electron chi connectivity index (χ3n) is 2.70. The number of carbonyl (C=O) groups excluding carboxylic acids is 1. The summed E-state index contributed by atoms with van der Waals surface area (Å²) in [6.45, 7) is 3.71. The number of Topliss-reactive ketones (excluding diaryl/α,β-unsaturated/α-hetero) is 1. The minimum Gasteiger partial charge on any atom is -0.361 e. The number of fused-ring (bicyclic) bond motifs is 2. The molecule has 0 radical (unpaired) electrons. The molecule has 12 heavy (non-hydrogen) atoms. The van der Waals surface area contributed by atoms with Crippen molar-refractivity contribution in [3.05, 3.63) is 12.2 Å². The normalized spacial score (nSPS) is 51.6. The Morgan fingerprint density at radius 2 is 2.33 bits per heavy atom. The van der Waals surface area contributed by atoms with Gasteiger partial charge in [-0.1, -0.05) is 19.1 Å². The summed E-state index contributed by atoms with van der Waals surface area (Å²) >= 11 is 5.97. The molecule has 0 unspecified atom stereocenters. The van der Waals surface area contributed by atoms with E-state index < -0.39 is 11.0 Å². The molecule has 2 aliphatic heterocycles. The van der Waals surface area contributed by atoms with E-state index in [4.69, 9.17) is 16.3 Å². The van der Waals surface area contributed by atoms with Crippen molar-refractivity contribution in [1.82, 2.24) is 0 Å². The fraction of sp³-hybridized carbons (Fsp3) is 0.667. The minimum absolute atomic E-state index is 0.0579. The minimum atomic E-state index is -0.560. The van der Waals surface area contributed by atoms with Crippen LogP contribution in [0.4, 0.5) is 0 Å². The first kappa shape index (κ1) is 8.27. The lowest BCUT2D eigenvalue weighted by Gasteiger charge is -2.36.